The molecule has 1 heterocycles. The van der Waals surface area contributed by atoms with E-state index in [1.807, 2.05) is 60.7 Å². The van der Waals surface area contributed by atoms with Crippen molar-refractivity contribution in [2.75, 3.05) is 0 Å². The van der Waals surface area contributed by atoms with Gasteiger partial charge in [0.1, 0.15) is 11.2 Å². The van der Waals surface area contributed by atoms with Crippen LogP contribution in [0.25, 0.3) is 98.4 Å². The van der Waals surface area contributed by atoms with Crippen LogP contribution in [0.2, 0.25) is 0 Å². The molecule has 1 heteroatoms. The summed E-state index contributed by atoms with van der Waals surface area (Å²) in [4.78, 5) is 0. The number of benzene rings is 10. The average Bonchev–Trinajstić information content (AvgIpc) is 3.72. The average molecular weight is 700 g/mol. The van der Waals surface area contributed by atoms with Gasteiger partial charge in [-0.05, 0) is 118 Å². The van der Waals surface area contributed by atoms with Gasteiger partial charge in [0.15, 0.2) is 0 Å². The lowest BCUT2D eigenvalue weighted by Crippen LogP contribution is -1.96. The fourth-order valence-electron chi connectivity index (χ4n) is 8.05. The summed E-state index contributed by atoms with van der Waals surface area (Å²) in [6.07, 6.45) is -0.497. The predicted octanol–water partition coefficient (Wildman–Crippen LogP) is 14.8. The molecule has 0 fully saturated rings. The highest BCUT2D eigenvalue weighted by Crippen LogP contribution is 2.45. The lowest BCUT2D eigenvalue weighted by atomic mass is 9.84. The smallest absolute Gasteiger partial charge is 0.136 e. The molecular formula is C53H34O. The molecule has 0 aliphatic rings. The van der Waals surface area contributed by atoms with Crippen LogP contribution in [0.3, 0.4) is 0 Å². The molecule has 0 aliphatic carbocycles. The van der Waals surface area contributed by atoms with Crippen molar-refractivity contribution in [3.05, 3.63) is 205 Å². The Morgan fingerprint density at radius 1 is 0.389 bits per heavy atom. The number of furan rings is 1. The van der Waals surface area contributed by atoms with Crippen LogP contribution < -0.4 is 0 Å². The SMILES string of the molecule is [2H]c1c([2H])c([2H])c(Cc2c3c([2H])c([2H])c([2H])c([2H])c3c(-c3ccc(-c4ccc5oc6cc(-c7cccc8ccccc78)ccc6c5c4)c4ccccc34)c3c([2H])c([2H])c([2H])c([2H])c23)c([2H])c1[2H]. The largest absolute Gasteiger partial charge is 0.456 e. The van der Waals surface area contributed by atoms with Gasteiger partial charge in [-0.3, -0.25) is 0 Å². The Labute approximate surface area is 331 Å². The summed E-state index contributed by atoms with van der Waals surface area (Å²) in [6, 6.07) is 30.8. The molecule has 0 amide bonds. The third kappa shape index (κ3) is 4.86. The molecule has 0 aliphatic heterocycles. The maximum absolute atomic E-state index is 9.43. The third-order valence-corrected chi connectivity index (χ3v) is 10.5. The van der Waals surface area contributed by atoms with Gasteiger partial charge in [-0.2, -0.15) is 0 Å². The fourth-order valence-corrected chi connectivity index (χ4v) is 8.05. The molecule has 0 bridgehead atoms. The first-order valence-corrected chi connectivity index (χ1v) is 17.7. The van der Waals surface area contributed by atoms with Crippen molar-refractivity contribution in [1.82, 2.24) is 0 Å². The van der Waals surface area contributed by atoms with Gasteiger partial charge in [-0.15, -0.1) is 0 Å². The summed E-state index contributed by atoms with van der Waals surface area (Å²) in [7, 11) is 0. The molecular weight excluding hydrogens is 653 g/mol. The van der Waals surface area contributed by atoms with Gasteiger partial charge >= 0.3 is 0 Å². The number of hydrogen-bond donors (Lipinski definition) is 0. The zero-order chi connectivity index (χ0) is 46.9. The van der Waals surface area contributed by atoms with E-state index >= 15 is 0 Å². The number of rotatable bonds is 5. The quantitative estimate of drug-likeness (QED) is 0.163. The van der Waals surface area contributed by atoms with Crippen LogP contribution in [0, 0.1) is 0 Å². The van der Waals surface area contributed by atoms with Crippen LogP contribution >= 0.6 is 0 Å². The molecule has 252 valence electrons. The molecule has 1 aromatic heterocycles. The monoisotopic (exact) mass is 699 g/mol. The summed E-state index contributed by atoms with van der Waals surface area (Å²) in [5.74, 6) is 0. The molecule has 0 saturated carbocycles. The van der Waals surface area contributed by atoms with Gasteiger partial charge in [0.25, 0.3) is 0 Å². The summed E-state index contributed by atoms with van der Waals surface area (Å²) in [5.41, 5.74) is 5.65. The third-order valence-electron chi connectivity index (χ3n) is 10.5. The lowest BCUT2D eigenvalue weighted by molar-refractivity contribution is 0.669. The first-order valence-electron chi connectivity index (χ1n) is 24.2. The van der Waals surface area contributed by atoms with E-state index < -0.39 is 85.0 Å². The van der Waals surface area contributed by atoms with E-state index in [2.05, 4.69) is 48.5 Å². The second kappa shape index (κ2) is 12.3. The van der Waals surface area contributed by atoms with Crippen molar-refractivity contribution in [3.63, 3.8) is 0 Å². The van der Waals surface area contributed by atoms with Crippen LogP contribution in [0.15, 0.2) is 198 Å². The first kappa shape index (κ1) is 20.3. The van der Waals surface area contributed by atoms with Gasteiger partial charge in [-0.25, -0.2) is 0 Å². The highest BCUT2D eigenvalue weighted by Gasteiger charge is 2.19. The second-order valence-electron chi connectivity index (χ2n) is 13.4. The minimum atomic E-state index is -0.618. The Bertz CT molecular complexity index is 3890. The molecule has 54 heavy (non-hydrogen) atoms. The van der Waals surface area contributed by atoms with Crippen LogP contribution in [-0.2, 0) is 6.42 Å². The molecule has 11 rings (SSSR count). The van der Waals surface area contributed by atoms with E-state index in [9.17, 15) is 5.48 Å². The summed E-state index contributed by atoms with van der Waals surface area (Å²) >= 11 is 0. The van der Waals surface area contributed by atoms with Crippen molar-refractivity contribution in [3.8, 4) is 33.4 Å². The van der Waals surface area contributed by atoms with E-state index in [1.165, 1.54) is 0 Å². The Hall–Kier alpha value is -6.96. The summed E-state index contributed by atoms with van der Waals surface area (Å²) < 4.78 is 122. The topological polar surface area (TPSA) is 13.1 Å². The standard InChI is InChI=1S/C53H34O/c1-2-13-34(14-3-1)31-49-43-20-8-10-22-46(43)53(47-23-11-9-21-44(47)49)48-29-28-40(41-18-6-7-19-42(41)48)36-26-30-51-50(32-36)45-27-25-37(33-52(45)54-51)39-24-12-16-35-15-4-5-17-38(35)39/h1-30,32-33H,31H2/i1D,2D,3D,8D,9D,10D,11D,13D,14D,20D,21D,22D,23D. The van der Waals surface area contributed by atoms with Crippen molar-refractivity contribution in [2.24, 2.45) is 0 Å². The van der Waals surface area contributed by atoms with E-state index in [0.29, 0.717) is 16.5 Å². The van der Waals surface area contributed by atoms with Gasteiger partial charge in [0, 0.05) is 10.8 Å². The van der Waals surface area contributed by atoms with E-state index in [-0.39, 0.29) is 38.2 Å². The molecule has 0 saturated heterocycles. The summed E-state index contributed by atoms with van der Waals surface area (Å²) in [5, 5.41) is 5.30. The minimum absolute atomic E-state index is 0.0166. The maximum atomic E-state index is 9.43. The molecule has 0 spiro atoms. The van der Waals surface area contributed by atoms with Crippen molar-refractivity contribution in [1.29, 1.82) is 0 Å². The molecule has 11 aromatic rings. The van der Waals surface area contributed by atoms with Crippen LogP contribution in [-0.4, -0.2) is 0 Å². The Balaban J connectivity index is 1.17. The van der Waals surface area contributed by atoms with E-state index in [0.717, 1.165) is 54.8 Å². The highest BCUT2D eigenvalue weighted by atomic mass is 16.3. The van der Waals surface area contributed by atoms with Crippen LogP contribution in [0.5, 0.6) is 0 Å². The molecule has 0 radical (unpaired) electrons. The maximum Gasteiger partial charge on any atom is 0.136 e. The second-order valence-corrected chi connectivity index (χ2v) is 13.4. The van der Waals surface area contributed by atoms with Crippen LogP contribution in [0.1, 0.15) is 28.9 Å². The molecule has 0 atom stereocenters. The molecule has 10 aromatic carbocycles. The molecule has 1 nitrogen and oxygen atoms in total. The highest BCUT2D eigenvalue weighted by molar-refractivity contribution is 6.20. The Kier molecular flexibility index (Phi) is 4.64. The van der Waals surface area contributed by atoms with Crippen molar-refractivity contribution in [2.45, 2.75) is 6.42 Å². The number of fused-ring (bicyclic) bond motifs is 7. The van der Waals surface area contributed by atoms with Crippen molar-refractivity contribution < 1.29 is 22.2 Å². The number of hydrogen-bond acceptors (Lipinski definition) is 1. The predicted molar refractivity (Wildman–Crippen MR) is 229 cm³/mol. The minimum Gasteiger partial charge on any atom is -0.456 e. The zero-order valence-corrected chi connectivity index (χ0v) is 28.6. The van der Waals surface area contributed by atoms with E-state index in [1.54, 1.807) is 6.07 Å². The van der Waals surface area contributed by atoms with E-state index in [4.69, 9.17) is 16.8 Å². The zero-order valence-electron chi connectivity index (χ0n) is 41.6. The van der Waals surface area contributed by atoms with Gasteiger partial charge < -0.3 is 4.42 Å². The first-order chi connectivity index (χ1) is 32.2. The Morgan fingerprint density at radius 3 is 1.76 bits per heavy atom. The van der Waals surface area contributed by atoms with Gasteiger partial charge in [-0.1, -0.05) is 170 Å². The Morgan fingerprint density at radius 2 is 0.981 bits per heavy atom. The van der Waals surface area contributed by atoms with Gasteiger partial charge in [0.05, 0.1) is 17.8 Å². The lowest BCUT2D eigenvalue weighted by Gasteiger charge is -2.19. The summed E-state index contributed by atoms with van der Waals surface area (Å²) in [6.45, 7) is 0. The van der Waals surface area contributed by atoms with Crippen molar-refractivity contribution >= 4 is 65.0 Å². The normalized spacial score (nSPS) is 15.1. The van der Waals surface area contributed by atoms with Gasteiger partial charge in [0.2, 0.25) is 0 Å². The molecule has 0 unspecified atom stereocenters. The van der Waals surface area contributed by atoms with Crippen LogP contribution in [0.4, 0.5) is 0 Å². The fraction of sp³-hybridized carbons (Fsp3) is 0.0189. The molecule has 0 N–H and O–H groups in total.